The number of halogens is 2. The van der Waals surface area contributed by atoms with Crippen LogP contribution in [0.1, 0.15) is 0 Å². The molecule has 0 unspecified atom stereocenters. The number of hydrogen-bond acceptors (Lipinski definition) is 2. The lowest BCUT2D eigenvalue weighted by atomic mass is 10.3. The molecule has 0 aliphatic heterocycles. The molecule has 0 aliphatic rings. The minimum Gasteiger partial charge on any atom is -0.504 e. The van der Waals surface area contributed by atoms with Gasteiger partial charge < -0.3 is 9.84 Å². The summed E-state index contributed by atoms with van der Waals surface area (Å²) in [6.07, 6.45) is 0. The zero-order chi connectivity index (χ0) is 8.43. The van der Waals surface area contributed by atoms with Crippen LogP contribution < -0.4 is 4.74 Å². The lowest BCUT2D eigenvalue weighted by Crippen LogP contribution is -1.86. The fraction of sp³-hybridized carbons (Fsp3) is 0.143. The number of ether oxygens (including phenoxy) is 1. The Morgan fingerprint density at radius 2 is 2.00 bits per heavy atom. The van der Waals surface area contributed by atoms with Gasteiger partial charge in [0.2, 0.25) is 0 Å². The molecule has 1 aromatic carbocycles. The summed E-state index contributed by atoms with van der Waals surface area (Å²) in [6, 6.07) is 3.68. The monoisotopic (exact) mass is 376 g/mol. The van der Waals surface area contributed by atoms with Crippen molar-refractivity contribution in [1.82, 2.24) is 0 Å². The highest BCUT2D eigenvalue weighted by Gasteiger charge is 2.05. The zero-order valence-corrected chi connectivity index (χ0v) is 10.1. The fourth-order valence-corrected chi connectivity index (χ4v) is 2.49. The van der Waals surface area contributed by atoms with Crippen LogP contribution in [0, 0.1) is 7.14 Å². The summed E-state index contributed by atoms with van der Waals surface area (Å²) in [7, 11) is 1.54. The molecule has 0 saturated carbocycles. The molecule has 1 rings (SSSR count). The van der Waals surface area contributed by atoms with Gasteiger partial charge in [0.15, 0.2) is 11.5 Å². The Bertz CT molecular complexity index is 273. The summed E-state index contributed by atoms with van der Waals surface area (Å²) in [5, 5.41) is 9.39. The lowest BCUT2D eigenvalue weighted by molar-refractivity contribution is 0.371. The largest absolute Gasteiger partial charge is 0.504 e. The molecule has 0 amide bonds. The fourth-order valence-electron chi connectivity index (χ4n) is 0.698. The van der Waals surface area contributed by atoms with Crippen molar-refractivity contribution in [3.63, 3.8) is 0 Å². The summed E-state index contributed by atoms with van der Waals surface area (Å²) in [5.41, 5.74) is 0. The van der Waals surface area contributed by atoms with Gasteiger partial charge in [0, 0.05) is 3.57 Å². The molecule has 0 fully saturated rings. The second kappa shape index (κ2) is 3.79. The molecule has 11 heavy (non-hydrogen) atoms. The molecule has 0 heterocycles. The van der Waals surface area contributed by atoms with Gasteiger partial charge in [0.25, 0.3) is 0 Å². The maximum absolute atomic E-state index is 9.39. The van der Waals surface area contributed by atoms with Crippen LogP contribution in [-0.4, -0.2) is 12.2 Å². The Kier molecular flexibility index (Phi) is 3.23. The van der Waals surface area contributed by atoms with Gasteiger partial charge in [-0.2, -0.15) is 0 Å². The summed E-state index contributed by atoms with van der Waals surface area (Å²) in [6.45, 7) is 0. The Hall–Kier alpha value is 0.280. The summed E-state index contributed by atoms with van der Waals surface area (Å²) < 4.78 is 6.82. The van der Waals surface area contributed by atoms with Crippen molar-refractivity contribution in [2.75, 3.05) is 7.11 Å². The topological polar surface area (TPSA) is 29.5 Å². The first-order valence-corrected chi connectivity index (χ1v) is 5.03. The molecule has 0 saturated heterocycles. The van der Waals surface area contributed by atoms with Crippen molar-refractivity contribution >= 4 is 45.2 Å². The van der Waals surface area contributed by atoms with Gasteiger partial charge in [-0.15, -0.1) is 0 Å². The molecule has 60 valence electrons. The van der Waals surface area contributed by atoms with Gasteiger partial charge >= 0.3 is 0 Å². The van der Waals surface area contributed by atoms with Crippen molar-refractivity contribution in [3.05, 3.63) is 19.3 Å². The van der Waals surface area contributed by atoms with E-state index in [1.54, 1.807) is 13.2 Å². The van der Waals surface area contributed by atoms with E-state index in [1.165, 1.54) is 0 Å². The second-order valence-corrected chi connectivity index (χ2v) is 4.35. The zero-order valence-electron chi connectivity index (χ0n) is 5.77. The Morgan fingerprint density at radius 1 is 1.36 bits per heavy atom. The molecule has 2 nitrogen and oxygen atoms in total. The van der Waals surface area contributed by atoms with Crippen molar-refractivity contribution in [1.29, 1.82) is 0 Å². The second-order valence-electron chi connectivity index (χ2n) is 1.94. The highest BCUT2D eigenvalue weighted by Crippen LogP contribution is 2.32. The van der Waals surface area contributed by atoms with Gasteiger partial charge in [0.05, 0.1) is 10.7 Å². The van der Waals surface area contributed by atoms with E-state index in [9.17, 15) is 5.11 Å². The molecule has 1 aromatic rings. The molecular formula is C7H6I2O2. The van der Waals surface area contributed by atoms with Crippen molar-refractivity contribution < 1.29 is 9.84 Å². The quantitative estimate of drug-likeness (QED) is 0.764. The number of methoxy groups -OCH3 is 1. The standard InChI is InChI=1S/C7H6I2O2/c1-11-6-3-4(8)2-5(9)7(6)10/h2-3,10H,1H3. The predicted molar refractivity (Wildman–Crippen MR) is 60.1 cm³/mol. The van der Waals surface area contributed by atoms with Crippen LogP contribution >= 0.6 is 45.2 Å². The lowest BCUT2D eigenvalue weighted by Gasteiger charge is -2.04. The smallest absolute Gasteiger partial charge is 0.171 e. The molecule has 0 atom stereocenters. The molecule has 1 N–H and O–H groups in total. The Morgan fingerprint density at radius 3 is 2.55 bits per heavy atom. The van der Waals surface area contributed by atoms with Crippen LogP contribution in [0.5, 0.6) is 11.5 Å². The normalized spacial score (nSPS) is 9.73. The van der Waals surface area contributed by atoms with E-state index in [0.29, 0.717) is 5.75 Å². The molecular weight excluding hydrogens is 370 g/mol. The van der Waals surface area contributed by atoms with Crippen molar-refractivity contribution in [2.24, 2.45) is 0 Å². The number of benzene rings is 1. The first-order chi connectivity index (χ1) is 5.15. The van der Waals surface area contributed by atoms with Crippen LogP contribution in [0.3, 0.4) is 0 Å². The van der Waals surface area contributed by atoms with Gasteiger partial charge in [-0.05, 0) is 57.3 Å². The third-order valence-corrected chi connectivity index (χ3v) is 2.66. The SMILES string of the molecule is COc1cc(I)cc(I)c1O. The van der Waals surface area contributed by atoms with Crippen molar-refractivity contribution in [3.8, 4) is 11.5 Å². The highest BCUT2D eigenvalue weighted by molar-refractivity contribution is 14.1. The third kappa shape index (κ3) is 2.11. The van der Waals surface area contributed by atoms with Gasteiger partial charge in [-0.3, -0.25) is 0 Å². The Balaban J connectivity index is 3.24. The molecule has 4 heteroatoms. The highest BCUT2D eigenvalue weighted by atomic mass is 127. The summed E-state index contributed by atoms with van der Waals surface area (Å²) in [5.74, 6) is 0.745. The number of phenols is 1. The van der Waals surface area contributed by atoms with Crippen LogP contribution in [0.2, 0.25) is 0 Å². The minimum atomic E-state index is 0.216. The van der Waals surface area contributed by atoms with E-state index >= 15 is 0 Å². The third-order valence-electron chi connectivity index (χ3n) is 1.21. The number of aromatic hydroxyl groups is 1. The number of hydrogen-bond donors (Lipinski definition) is 1. The first kappa shape index (κ1) is 9.37. The van der Waals surface area contributed by atoms with E-state index in [0.717, 1.165) is 7.14 Å². The minimum absolute atomic E-state index is 0.216. The molecule has 0 aliphatic carbocycles. The van der Waals surface area contributed by atoms with E-state index < -0.39 is 0 Å². The molecule has 0 spiro atoms. The molecule has 0 bridgehead atoms. The number of phenolic OH excluding ortho intramolecular Hbond substituents is 1. The first-order valence-electron chi connectivity index (χ1n) is 2.87. The van der Waals surface area contributed by atoms with Gasteiger partial charge in [-0.25, -0.2) is 0 Å². The number of rotatable bonds is 1. The van der Waals surface area contributed by atoms with E-state index in [1.807, 2.05) is 6.07 Å². The summed E-state index contributed by atoms with van der Waals surface area (Å²) >= 11 is 4.24. The maximum atomic E-state index is 9.39. The molecule has 0 aromatic heterocycles. The van der Waals surface area contributed by atoms with Crippen LogP contribution in [0.25, 0.3) is 0 Å². The van der Waals surface area contributed by atoms with Crippen LogP contribution in [0.15, 0.2) is 12.1 Å². The van der Waals surface area contributed by atoms with E-state index in [-0.39, 0.29) is 5.75 Å². The van der Waals surface area contributed by atoms with Crippen LogP contribution in [0.4, 0.5) is 0 Å². The maximum Gasteiger partial charge on any atom is 0.171 e. The van der Waals surface area contributed by atoms with E-state index in [2.05, 4.69) is 45.2 Å². The Labute approximate surface area is 92.2 Å². The van der Waals surface area contributed by atoms with Crippen LogP contribution in [-0.2, 0) is 0 Å². The molecule has 0 radical (unpaired) electrons. The average molecular weight is 376 g/mol. The van der Waals surface area contributed by atoms with Gasteiger partial charge in [0.1, 0.15) is 0 Å². The predicted octanol–water partition coefficient (Wildman–Crippen LogP) is 2.61. The van der Waals surface area contributed by atoms with E-state index in [4.69, 9.17) is 4.74 Å². The van der Waals surface area contributed by atoms with Crippen molar-refractivity contribution in [2.45, 2.75) is 0 Å². The summed E-state index contributed by atoms with van der Waals surface area (Å²) in [4.78, 5) is 0. The van der Waals surface area contributed by atoms with Gasteiger partial charge in [-0.1, -0.05) is 0 Å². The average Bonchev–Trinajstić information content (AvgIpc) is 1.96.